The Morgan fingerprint density at radius 1 is 1.31 bits per heavy atom. The Morgan fingerprint density at radius 3 is 2.79 bits per heavy atom. The first-order valence-electron chi connectivity index (χ1n) is 8.69. The molecule has 29 heavy (non-hydrogen) atoms. The number of H-pyrrole nitrogens is 1. The van der Waals surface area contributed by atoms with E-state index < -0.39 is 35.7 Å². The van der Waals surface area contributed by atoms with Crippen molar-refractivity contribution in [2.75, 3.05) is 6.61 Å². The number of aromatic amines is 1. The second kappa shape index (κ2) is 7.93. The summed E-state index contributed by atoms with van der Waals surface area (Å²) in [6, 6.07) is 8.22. The number of ether oxygens (including phenoxy) is 2. The Morgan fingerprint density at radius 2 is 2.07 bits per heavy atom. The van der Waals surface area contributed by atoms with Crippen LogP contribution in [0.25, 0.3) is 11.2 Å². The van der Waals surface area contributed by atoms with Crippen LogP contribution in [-0.4, -0.2) is 59.6 Å². The Hall–Kier alpha value is -2.77. The third kappa shape index (κ3) is 3.63. The molecule has 1 aliphatic rings. The minimum absolute atomic E-state index is 0.280. The lowest BCUT2D eigenvalue weighted by molar-refractivity contribution is -0.585. The number of imidazole rings is 1. The number of nitro groups is 1. The molecule has 3 N–H and O–H groups in total. The highest BCUT2D eigenvalue weighted by molar-refractivity contribution is 7.71. The number of rotatable bonds is 6. The number of aromatic nitrogens is 4. The molecule has 0 radical (unpaired) electrons. The summed E-state index contributed by atoms with van der Waals surface area (Å²) in [5.74, 6) is 0. The summed E-state index contributed by atoms with van der Waals surface area (Å²) in [5.41, 5.74) is 1.25. The molecule has 0 aliphatic carbocycles. The lowest BCUT2D eigenvalue weighted by Gasteiger charge is -2.17. The van der Waals surface area contributed by atoms with Gasteiger partial charge in [0.1, 0.15) is 29.5 Å². The standard InChI is InChI=1S/C17H17N5O6S/c23-12-10(6-27-16(22(25)26)9-4-2-1-3-5-9)28-17(13(12)24)21-8-20-11-14(21)18-7-19-15(11)29/h1-5,7-8,10,12-13,16-17,23-24H,6H2,(H,18,19,29)/t10-,12-,13-,16+,17-/m1/s1. The summed E-state index contributed by atoms with van der Waals surface area (Å²) in [6.07, 6.45) is -3.20. The molecule has 0 amide bonds. The third-order valence-corrected chi connectivity index (χ3v) is 4.98. The Kier molecular flexibility index (Phi) is 5.34. The molecule has 5 atom stereocenters. The highest BCUT2D eigenvalue weighted by Gasteiger charge is 2.45. The molecule has 1 fully saturated rings. The Labute approximate surface area is 168 Å². The van der Waals surface area contributed by atoms with Gasteiger partial charge in [0.25, 0.3) is 0 Å². The minimum Gasteiger partial charge on any atom is -0.387 e. The molecule has 0 saturated carbocycles. The van der Waals surface area contributed by atoms with Crippen molar-refractivity contribution in [3.05, 3.63) is 63.3 Å². The predicted molar refractivity (Wildman–Crippen MR) is 101 cm³/mol. The van der Waals surface area contributed by atoms with Crippen molar-refractivity contribution in [1.29, 1.82) is 0 Å². The number of hydrogen-bond donors (Lipinski definition) is 3. The van der Waals surface area contributed by atoms with Crippen LogP contribution in [0.3, 0.4) is 0 Å². The van der Waals surface area contributed by atoms with Crippen molar-refractivity contribution in [2.24, 2.45) is 0 Å². The minimum atomic E-state index is -1.42. The van der Waals surface area contributed by atoms with Gasteiger partial charge in [-0.2, -0.15) is 0 Å². The second-order valence-corrected chi connectivity index (χ2v) is 6.87. The van der Waals surface area contributed by atoms with E-state index in [1.165, 1.54) is 17.2 Å². The molecule has 1 aliphatic heterocycles. The molecular weight excluding hydrogens is 402 g/mol. The van der Waals surface area contributed by atoms with E-state index in [0.29, 0.717) is 16.7 Å². The molecule has 0 spiro atoms. The maximum Gasteiger partial charge on any atom is 0.342 e. The van der Waals surface area contributed by atoms with Gasteiger partial charge in [-0.25, -0.2) is 9.97 Å². The quantitative estimate of drug-likeness (QED) is 0.231. The highest BCUT2D eigenvalue weighted by Crippen LogP contribution is 2.32. The Balaban J connectivity index is 1.52. The molecule has 11 nitrogen and oxygen atoms in total. The number of fused-ring (bicyclic) bond motifs is 1. The average molecular weight is 419 g/mol. The van der Waals surface area contributed by atoms with Crippen molar-refractivity contribution in [3.8, 4) is 0 Å². The van der Waals surface area contributed by atoms with Crippen LogP contribution in [0.5, 0.6) is 0 Å². The van der Waals surface area contributed by atoms with Crippen molar-refractivity contribution in [2.45, 2.75) is 30.8 Å². The summed E-state index contributed by atoms with van der Waals surface area (Å²) < 4.78 is 12.9. The van der Waals surface area contributed by atoms with Gasteiger partial charge < -0.3 is 24.7 Å². The van der Waals surface area contributed by atoms with E-state index in [0.717, 1.165) is 0 Å². The van der Waals surface area contributed by atoms with Crippen LogP contribution in [0, 0.1) is 14.8 Å². The van der Waals surface area contributed by atoms with Crippen LogP contribution in [0.2, 0.25) is 0 Å². The molecule has 4 rings (SSSR count). The summed E-state index contributed by atoms with van der Waals surface area (Å²) in [7, 11) is 0. The first kappa shape index (κ1) is 19.5. The van der Waals surface area contributed by atoms with Gasteiger partial charge in [0.2, 0.25) is 0 Å². The van der Waals surface area contributed by atoms with Crippen molar-refractivity contribution >= 4 is 23.4 Å². The molecular formula is C17H17N5O6S. The van der Waals surface area contributed by atoms with Gasteiger partial charge in [0, 0.05) is 0 Å². The maximum atomic E-state index is 11.4. The molecule has 0 bridgehead atoms. The average Bonchev–Trinajstić information content (AvgIpc) is 3.26. The number of benzene rings is 1. The molecule has 2 aromatic heterocycles. The van der Waals surface area contributed by atoms with E-state index in [1.54, 1.807) is 30.3 Å². The van der Waals surface area contributed by atoms with Crippen LogP contribution in [0.1, 0.15) is 18.0 Å². The van der Waals surface area contributed by atoms with Crippen LogP contribution >= 0.6 is 12.2 Å². The van der Waals surface area contributed by atoms with Gasteiger partial charge in [-0.05, 0) is 12.1 Å². The predicted octanol–water partition coefficient (Wildman–Crippen LogP) is 1.10. The molecule has 152 valence electrons. The van der Waals surface area contributed by atoms with E-state index in [2.05, 4.69) is 15.0 Å². The number of aliphatic hydroxyl groups is 2. The lowest BCUT2D eigenvalue weighted by Crippen LogP contribution is -2.34. The molecule has 3 aromatic rings. The largest absolute Gasteiger partial charge is 0.387 e. The monoisotopic (exact) mass is 419 g/mol. The summed E-state index contributed by atoms with van der Waals surface area (Å²) >= 11 is 5.12. The highest BCUT2D eigenvalue weighted by atomic mass is 32.1. The van der Waals surface area contributed by atoms with E-state index in [-0.39, 0.29) is 11.2 Å². The van der Waals surface area contributed by atoms with Crippen LogP contribution < -0.4 is 0 Å². The normalized spacial score (nSPS) is 25.3. The first-order chi connectivity index (χ1) is 14.0. The van der Waals surface area contributed by atoms with Gasteiger partial charge in [0.15, 0.2) is 10.9 Å². The zero-order valence-corrected chi connectivity index (χ0v) is 15.7. The summed E-state index contributed by atoms with van der Waals surface area (Å²) in [6.45, 7) is -0.292. The first-order valence-corrected chi connectivity index (χ1v) is 9.10. The SMILES string of the molecule is O=[N+]([O-])[C@@H](OC[C@H]1O[C@@H](n2cnc3c(=S)nc[nH]c32)[C@H](O)[C@@H]1O)c1ccccc1. The van der Waals surface area contributed by atoms with Crippen molar-refractivity contribution in [3.63, 3.8) is 0 Å². The zero-order chi connectivity index (χ0) is 20.5. The fourth-order valence-electron chi connectivity index (χ4n) is 3.25. The summed E-state index contributed by atoms with van der Waals surface area (Å²) in [4.78, 5) is 21.8. The smallest absolute Gasteiger partial charge is 0.342 e. The van der Waals surface area contributed by atoms with Crippen LogP contribution in [0.4, 0.5) is 0 Å². The lowest BCUT2D eigenvalue weighted by atomic mass is 10.1. The Bertz CT molecular complexity index is 1070. The second-order valence-electron chi connectivity index (χ2n) is 6.48. The van der Waals surface area contributed by atoms with Gasteiger partial charge >= 0.3 is 6.23 Å². The van der Waals surface area contributed by atoms with E-state index in [4.69, 9.17) is 21.7 Å². The topological polar surface area (TPSA) is 149 Å². The van der Waals surface area contributed by atoms with E-state index >= 15 is 0 Å². The molecule has 3 heterocycles. The number of nitrogens with zero attached hydrogens (tertiary/aromatic N) is 4. The zero-order valence-electron chi connectivity index (χ0n) is 14.9. The fraction of sp³-hybridized carbons (Fsp3) is 0.353. The van der Waals surface area contributed by atoms with E-state index in [9.17, 15) is 20.3 Å². The van der Waals surface area contributed by atoms with Crippen LogP contribution in [0.15, 0.2) is 43.0 Å². The molecule has 1 aromatic carbocycles. The molecule has 0 unspecified atom stereocenters. The van der Waals surface area contributed by atoms with Gasteiger partial charge in [-0.1, -0.05) is 30.4 Å². The number of nitrogens with one attached hydrogen (secondary N) is 1. The molecule has 1 saturated heterocycles. The number of hydrogen-bond acceptors (Lipinski definition) is 9. The fourth-order valence-corrected chi connectivity index (χ4v) is 3.45. The van der Waals surface area contributed by atoms with Crippen molar-refractivity contribution in [1.82, 2.24) is 19.5 Å². The van der Waals surface area contributed by atoms with Crippen LogP contribution in [-0.2, 0) is 9.47 Å². The molecule has 12 heteroatoms. The number of aliphatic hydroxyl groups excluding tert-OH is 2. The van der Waals surface area contributed by atoms with Gasteiger partial charge in [-0.3, -0.25) is 14.7 Å². The maximum absolute atomic E-state index is 11.4. The van der Waals surface area contributed by atoms with Crippen molar-refractivity contribution < 1.29 is 24.6 Å². The van der Waals surface area contributed by atoms with Gasteiger partial charge in [0.05, 0.1) is 29.7 Å². The third-order valence-electron chi connectivity index (χ3n) is 4.69. The van der Waals surface area contributed by atoms with Gasteiger partial charge in [-0.15, -0.1) is 0 Å². The summed E-state index contributed by atoms with van der Waals surface area (Å²) in [5, 5.41) is 32.2. The van der Waals surface area contributed by atoms with E-state index in [1.807, 2.05) is 0 Å².